The maximum absolute atomic E-state index is 9.43. The standard InChI is InChI=1S/C10H13ClO2/c1-8-3-4-10(9(12)7-8)13-6-2-5-11/h3-4,7,12H,2,5-6H2,1H3. The largest absolute Gasteiger partial charge is 0.504 e. The lowest BCUT2D eigenvalue weighted by atomic mass is 10.2. The Hall–Kier alpha value is -0.890. The zero-order valence-corrected chi connectivity index (χ0v) is 8.34. The van der Waals surface area contributed by atoms with Crippen LogP contribution in [0, 0.1) is 6.92 Å². The van der Waals surface area contributed by atoms with Crippen molar-refractivity contribution in [1.82, 2.24) is 0 Å². The molecule has 72 valence electrons. The molecule has 0 aromatic heterocycles. The first-order chi connectivity index (χ1) is 6.24. The van der Waals surface area contributed by atoms with E-state index in [1.807, 2.05) is 13.0 Å². The van der Waals surface area contributed by atoms with E-state index in [2.05, 4.69) is 0 Å². The number of alkyl halides is 1. The number of benzene rings is 1. The van der Waals surface area contributed by atoms with Crippen molar-refractivity contribution in [2.75, 3.05) is 12.5 Å². The Morgan fingerprint density at radius 1 is 1.46 bits per heavy atom. The number of phenolic OH excluding ortho intramolecular Hbond substituents is 1. The minimum absolute atomic E-state index is 0.189. The van der Waals surface area contributed by atoms with Crippen molar-refractivity contribution in [3.63, 3.8) is 0 Å². The summed E-state index contributed by atoms with van der Waals surface area (Å²) in [5, 5.41) is 9.43. The highest BCUT2D eigenvalue weighted by Gasteiger charge is 2.00. The number of hydrogen-bond donors (Lipinski definition) is 1. The maximum atomic E-state index is 9.43. The van der Waals surface area contributed by atoms with Gasteiger partial charge in [-0.2, -0.15) is 0 Å². The predicted octanol–water partition coefficient (Wildman–Crippen LogP) is 2.71. The highest BCUT2D eigenvalue weighted by Crippen LogP contribution is 2.26. The summed E-state index contributed by atoms with van der Waals surface area (Å²) in [4.78, 5) is 0. The molecule has 0 saturated heterocycles. The van der Waals surface area contributed by atoms with Gasteiger partial charge in [0, 0.05) is 5.88 Å². The van der Waals surface area contributed by atoms with Gasteiger partial charge in [-0.3, -0.25) is 0 Å². The van der Waals surface area contributed by atoms with Gasteiger partial charge in [0.15, 0.2) is 11.5 Å². The number of halogens is 1. The molecule has 1 aromatic rings. The molecule has 0 radical (unpaired) electrons. The SMILES string of the molecule is Cc1ccc(OCCCCl)c(O)c1. The van der Waals surface area contributed by atoms with E-state index in [4.69, 9.17) is 16.3 Å². The van der Waals surface area contributed by atoms with E-state index in [1.54, 1.807) is 12.1 Å². The highest BCUT2D eigenvalue weighted by atomic mass is 35.5. The summed E-state index contributed by atoms with van der Waals surface area (Å²) in [5.41, 5.74) is 1.02. The van der Waals surface area contributed by atoms with Crippen molar-refractivity contribution >= 4 is 11.6 Å². The predicted molar refractivity (Wildman–Crippen MR) is 53.7 cm³/mol. The molecule has 3 heteroatoms. The van der Waals surface area contributed by atoms with Gasteiger partial charge >= 0.3 is 0 Å². The molecule has 0 bridgehead atoms. The summed E-state index contributed by atoms with van der Waals surface area (Å²) in [5.74, 6) is 1.29. The number of aryl methyl sites for hydroxylation is 1. The van der Waals surface area contributed by atoms with Gasteiger partial charge < -0.3 is 9.84 Å². The van der Waals surface area contributed by atoms with Gasteiger partial charge in [-0.25, -0.2) is 0 Å². The Morgan fingerprint density at radius 2 is 2.23 bits per heavy atom. The number of phenols is 1. The van der Waals surface area contributed by atoms with Crippen LogP contribution in [0.4, 0.5) is 0 Å². The van der Waals surface area contributed by atoms with Crippen LogP contribution >= 0.6 is 11.6 Å². The van der Waals surface area contributed by atoms with Crippen molar-refractivity contribution in [3.8, 4) is 11.5 Å². The van der Waals surface area contributed by atoms with E-state index in [-0.39, 0.29) is 5.75 Å². The van der Waals surface area contributed by atoms with Crippen LogP contribution in [-0.2, 0) is 0 Å². The highest BCUT2D eigenvalue weighted by molar-refractivity contribution is 6.17. The second kappa shape index (κ2) is 4.97. The Labute approximate surface area is 83.1 Å². The molecule has 0 aliphatic rings. The van der Waals surface area contributed by atoms with Crippen molar-refractivity contribution in [1.29, 1.82) is 0 Å². The Kier molecular flexibility index (Phi) is 3.90. The smallest absolute Gasteiger partial charge is 0.160 e. The molecule has 0 atom stereocenters. The second-order valence-electron chi connectivity index (χ2n) is 2.86. The second-order valence-corrected chi connectivity index (χ2v) is 3.24. The zero-order valence-electron chi connectivity index (χ0n) is 7.59. The van der Waals surface area contributed by atoms with Gasteiger partial charge in [-0.05, 0) is 31.0 Å². The average molecular weight is 201 g/mol. The first kappa shape index (κ1) is 10.2. The Morgan fingerprint density at radius 3 is 2.85 bits per heavy atom. The number of rotatable bonds is 4. The maximum Gasteiger partial charge on any atom is 0.160 e. The fourth-order valence-electron chi connectivity index (χ4n) is 0.986. The minimum Gasteiger partial charge on any atom is -0.504 e. The number of aromatic hydroxyl groups is 1. The van der Waals surface area contributed by atoms with Gasteiger partial charge in [0.25, 0.3) is 0 Å². The summed E-state index contributed by atoms with van der Waals surface area (Å²) >= 11 is 5.49. The molecule has 0 aliphatic heterocycles. The van der Waals surface area contributed by atoms with Crippen molar-refractivity contribution in [3.05, 3.63) is 23.8 Å². The monoisotopic (exact) mass is 200 g/mol. The Balaban J connectivity index is 2.56. The fraction of sp³-hybridized carbons (Fsp3) is 0.400. The van der Waals surface area contributed by atoms with E-state index in [1.165, 1.54) is 0 Å². The molecule has 0 heterocycles. The van der Waals surface area contributed by atoms with Crippen molar-refractivity contribution < 1.29 is 9.84 Å². The molecule has 0 aliphatic carbocycles. The van der Waals surface area contributed by atoms with Crippen LogP contribution in [0.5, 0.6) is 11.5 Å². The first-order valence-corrected chi connectivity index (χ1v) is 4.76. The summed E-state index contributed by atoms with van der Waals surface area (Å²) in [6.07, 6.45) is 0.787. The van der Waals surface area contributed by atoms with Crippen molar-refractivity contribution in [2.45, 2.75) is 13.3 Å². The summed E-state index contributed by atoms with van der Waals surface area (Å²) in [6, 6.07) is 5.34. The van der Waals surface area contributed by atoms with E-state index in [9.17, 15) is 5.11 Å². The normalized spacial score (nSPS) is 10.0. The first-order valence-electron chi connectivity index (χ1n) is 4.22. The molecule has 0 saturated carbocycles. The van der Waals surface area contributed by atoms with Crippen LogP contribution < -0.4 is 4.74 Å². The minimum atomic E-state index is 0.189. The summed E-state index contributed by atoms with van der Waals surface area (Å²) in [7, 11) is 0. The van der Waals surface area contributed by atoms with E-state index in [0.717, 1.165) is 12.0 Å². The van der Waals surface area contributed by atoms with E-state index >= 15 is 0 Å². The average Bonchev–Trinajstić information content (AvgIpc) is 2.09. The third-order valence-electron chi connectivity index (χ3n) is 1.65. The molecular formula is C10H13ClO2. The molecule has 1 N–H and O–H groups in total. The molecule has 0 amide bonds. The lowest BCUT2D eigenvalue weighted by Gasteiger charge is -2.07. The van der Waals surface area contributed by atoms with Gasteiger partial charge in [0.05, 0.1) is 6.61 Å². The quantitative estimate of drug-likeness (QED) is 0.598. The van der Waals surface area contributed by atoms with Crippen LogP contribution in [-0.4, -0.2) is 17.6 Å². The topological polar surface area (TPSA) is 29.5 Å². The fourth-order valence-corrected chi connectivity index (χ4v) is 1.10. The Bertz CT molecular complexity index is 274. The molecule has 0 fully saturated rings. The number of hydrogen-bond acceptors (Lipinski definition) is 2. The molecule has 1 rings (SSSR count). The third-order valence-corrected chi connectivity index (χ3v) is 1.92. The van der Waals surface area contributed by atoms with Gasteiger partial charge in [-0.1, -0.05) is 6.07 Å². The third kappa shape index (κ3) is 3.15. The van der Waals surface area contributed by atoms with Crippen LogP contribution in [0.2, 0.25) is 0 Å². The molecule has 2 nitrogen and oxygen atoms in total. The van der Waals surface area contributed by atoms with Crippen LogP contribution in [0.25, 0.3) is 0 Å². The lowest BCUT2D eigenvalue weighted by molar-refractivity contribution is 0.300. The molecule has 0 unspecified atom stereocenters. The van der Waals surface area contributed by atoms with Gasteiger partial charge in [-0.15, -0.1) is 11.6 Å². The molecule has 13 heavy (non-hydrogen) atoms. The van der Waals surface area contributed by atoms with Gasteiger partial charge in [0.1, 0.15) is 0 Å². The van der Waals surface area contributed by atoms with E-state index < -0.39 is 0 Å². The molecule has 1 aromatic carbocycles. The number of ether oxygens (including phenoxy) is 1. The van der Waals surface area contributed by atoms with Crippen molar-refractivity contribution in [2.24, 2.45) is 0 Å². The van der Waals surface area contributed by atoms with Crippen LogP contribution in [0.3, 0.4) is 0 Å². The van der Waals surface area contributed by atoms with Gasteiger partial charge in [0.2, 0.25) is 0 Å². The van der Waals surface area contributed by atoms with E-state index in [0.29, 0.717) is 18.2 Å². The summed E-state index contributed by atoms with van der Waals surface area (Å²) in [6.45, 7) is 2.46. The van der Waals surface area contributed by atoms with Crippen LogP contribution in [0.15, 0.2) is 18.2 Å². The summed E-state index contributed by atoms with van der Waals surface area (Å²) < 4.78 is 5.30. The molecule has 0 spiro atoms. The lowest BCUT2D eigenvalue weighted by Crippen LogP contribution is -1.97. The molecular weight excluding hydrogens is 188 g/mol. The van der Waals surface area contributed by atoms with Crippen LogP contribution in [0.1, 0.15) is 12.0 Å². The zero-order chi connectivity index (χ0) is 9.68.